The SMILES string of the molecule is Cc1ccc(C(=O)N2CCN(c3ccccc3C)CC2)cn1. The molecule has 1 saturated heterocycles. The van der Waals surface area contributed by atoms with E-state index in [0.717, 1.165) is 31.9 Å². The van der Waals surface area contributed by atoms with Gasteiger partial charge in [-0.1, -0.05) is 18.2 Å². The maximum Gasteiger partial charge on any atom is 0.255 e. The van der Waals surface area contributed by atoms with Crippen molar-refractivity contribution >= 4 is 11.6 Å². The number of rotatable bonds is 2. The highest BCUT2D eigenvalue weighted by molar-refractivity contribution is 5.94. The molecule has 1 aromatic carbocycles. The molecule has 1 aliphatic rings. The first-order valence-corrected chi connectivity index (χ1v) is 7.67. The Morgan fingerprint density at radius 2 is 1.73 bits per heavy atom. The van der Waals surface area contributed by atoms with E-state index >= 15 is 0 Å². The minimum atomic E-state index is 0.0805. The van der Waals surface area contributed by atoms with E-state index in [4.69, 9.17) is 0 Å². The van der Waals surface area contributed by atoms with Gasteiger partial charge in [0.2, 0.25) is 0 Å². The zero-order valence-corrected chi connectivity index (χ0v) is 13.1. The van der Waals surface area contributed by atoms with Crippen LogP contribution in [0, 0.1) is 13.8 Å². The van der Waals surface area contributed by atoms with E-state index in [-0.39, 0.29) is 5.91 Å². The fourth-order valence-electron chi connectivity index (χ4n) is 2.85. The number of anilines is 1. The number of aromatic nitrogens is 1. The summed E-state index contributed by atoms with van der Waals surface area (Å²) in [5, 5.41) is 0. The molecule has 0 bridgehead atoms. The van der Waals surface area contributed by atoms with Crippen LogP contribution in [0.15, 0.2) is 42.6 Å². The number of hydrogen-bond acceptors (Lipinski definition) is 3. The Morgan fingerprint density at radius 1 is 1.00 bits per heavy atom. The molecule has 1 aromatic heterocycles. The molecule has 114 valence electrons. The lowest BCUT2D eigenvalue weighted by Gasteiger charge is -2.36. The van der Waals surface area contributed by atoms with Crippen molar-refractivity contribution in [2.75, 3.05) is 31.1 Å². The zero-order valence-electron chi connectivity index (χ0n) is 13.1. The molecule has 3 rings (SSSR count). The van der Waals surface area contributed by atoms with Gasteiger partial charge in [-0.05, 0) is 37.6 Å². The fourth-order valence-corrected chi connectivity index (χ4v) is 2.85. The highest BCUT2D eigenvalue weighted by atomic mass is 16.2. The Hall–Kier alpha value is -2.36. The van der Waals surface area contributed by atoms with Crippen LogP contribution in [-0.4, -0.2) is 42.0 Å². The molecule has 0 aliphatic carbocycles. The Morgan fingerprint density at radius 3 is 2.36 bits per heavy atom. The van der Waals surface area contributed by atoms with Gasteiger partial charge in [-0.15, -0.1) is 0 Å². The van der Waals surface area contributed by atoms with Crippen LogP contribution in [0.25, 0.3) is 0 Å². The third-order valence-electron chi connectivity index (χ3n) is 4.18. The van der Waals surface area contributed by atoms with Gasteiger partial charge in [0.15, 0.2) is 0 Å². The number of benzene rings is 1. The van der Waals surface area contributed by atoms with Gasteiger partial charge in [-0.25, -0.2) is 0 Å². The molecule has 4 nitrogen and oxygen atoms in total. The predicted molar refractivity (Wildman–Crippen MR) is 88.3 cm³/mol. The van der Waals surface area contributed by atoms with Crippen LogP contribution in [0.5, 0.6) is 0 Å². The minimum Gasteiger partial charge on any atom is -0.368 e. The van der Waals surface area contributed by atoms with Crippen LogP contribution >= 0.6 is 0 Å². The summed E-state index contributed by atoms with van der Waals surface area (Å²) in [6.07, 6.45) is 1.67. The van der Waals surface area contributed by atoms with E-state index in [1.165, 1.54) is 11.3 Å². The second-order valence-electron chi connectivity index (χ2n) is 5.75. The van der Waals surface area contributed by atoms with Gasteiger partial charge in [0.05, 0.1) is 5.56 Å². The van der Waals surface area contributed by atoms with Gasteiger partial charge in [0.25, 0.3) is 5.91 Å². The number of hydrogen-bond donors (Lipinski definition) is 0. The molecule has 1 fully saturated rings. The van der Waals surface area contributed by atoms with E-state index in [1.54, 1.807) is 6.20 Å². The van der Waals surface area contributed by atoms with Crippen molar-refractivity contribution in [2.45, 2.75) is 13.8 Å². The number of pyridine rings is 1. The molecule has 22 heavy (non-hydrogen) atoms. The second kappa shape index (κ2) is 6.18. The maximum absolute atomic E-state index is 12.5. The van der Waals surface area contributed by atoms with Crippen molar-refractivity contribution < 1.29 is 4.79 Å². The Labute approximate surface area is 131 Å². The fraction of sp³-hybridized carbons (Fsp3) is 0.333. The summed E-state index contributed by atoms with van der Waals surface area (Å²) in [5.41, 5.74) is 4.16. The van der Waals surface area contributed by atoms with Gasteiger partial charge >= 0.3 is 0 Å². The first kappa shape index (κ1) is 14.6. The summed E-state index contributed by atoms with van der Waals surface area (Å²) in [6.45, 7) is 7.30. The third-order valence-corrected chi connectivity index (χ3v) is 4.18. The highest BCUT2D eigenvalue weighted by Crippen LogP contribution is 2.21. The molecule has 4 heteroatoms. The number of amides is 1. The van der Waals surface area contributed by atoms with Crippen molar-refractivity contribution in [3.8, 4) is 0 Å². The van der Waals surface area contributed by atoms with Gasteiger partial charge in [-0.3, -0.25) is 9.78 Å². The van der Waals surface area contributed by atoms with E-state index in [1.807, 2.05) is 24.0 Å². The molecule has 2 heterocycles. The number of para-hydroxylation sites is 1. The lowest BCUT2D eigenvalue weighted by molar-refractivity contribution is 0.0746. The zero-order chi connectivity index (χ0) is 15.5. The van der Waals surface area contributed by atoms with Crippen molar-refractivity contribution in [1.29, 1.82) is 0 Å². The second-order valence-corrected chi connectivity index (χ2v) is 5.75. The monoisotopic (exact) mass is 295 g/mol. The highest BCUT2D eigenvalue weighted by Gasteiger charge is 2.22. The van der Waals surface area contributed by atoms with E-state index in [0.29, 0.717) is 5.56 Å². The van der Waals surface area contributed by atoms with Crippen molar-refractivity contribution in [1.82, 2.24) is 9.88 Å². The van der Waals surface area contributed by atoms with Gasteiger partial charge in [0.1, 0.15) is 0 Å². The van der Waals surface area contributed by atoms with Gasteiger partial charge in [-0.2, -0.15) is 0 Å². The molecule has 1 amide bonds. The van der Waals surface area contributed by atoms with Crippen molar-refractivity contribution in [3.05, 3.63) is 59.4 Å². The molecule has 0 radical (unpaired) electrons. The molecule has 0 N–H and O–H groups in total. The van der Waals surface area contributed by atoms with Crippen LogP contribution in [0.4, 0.5) is 5.69 Å². The maximum atomic E-state index is 12.5. The number of nitrogens with zero attached hydrogens (tertiary/aromatic N) is 3. The molecule has 0 atom stereocenters. The molecular weight excluding hydrogens is 274 g/mol. The van der Waals surface area contributed by atoms with E-state index in [9.17, 15) is 4.79 Å². The Balaban J connectivity index is 1.65. The van der Waals surface area contributed by atoms with Gasteiger partial charge in [0, 0.05) is 43.8 Å². The lowest BCUT2D eigenvalue weighted by atomic mass is 10.1. The summed E-state index contributed by atoms with van der Waals surface area (Å²) in [6, 6.07) is 12.2. The van der Waals surface area contributed by atoms with Crippen LogP contribution in [0.1, 0.15) is 21.6 Å². The average Bonchev–Trinajstić information content (AvgIpc) is 2.56. The molecule has 0 unspecified atom stereocenters. The van der Waals surface area contributed by atoms with Crippen molar-refractivity contribution in [3.63, 3.8) is 0 Å². The first-order chi connectivity index (χ1) is 10.6. The Kier molecular flexibility index (Phi) is 4.09. The predicted octanol–water partition coefficient (Wildman–Crippen LogP) is 2.66. The number of carbonyl (C=O) groups excluding carboxylic acids is 1. The lowest BCUT2D eigenvalue weighted by Crippen LogP contribution is -2.49. The normalized spacial score (nSPS) is 15.0. The number of aryl methyl sites for hydroxylation is 2. The van der Waals surface area contributed by atoms with Crippen molar-refractivity contribution in [2.24, 2.45) is 0 Å². The van der Waals surface area contributed by atoms with E-state index in [2.05, 4.69) is 41.1 Å². The standard InChI is InChI=1S/C18H21N3O/c1-14-5-3-4-6-17(14)20-9-11-21(12-10-20)18(22)16-8-7-15(2)19-13-16/h3-8,13H,9-12H2,1-2H3. The van der Waals surface area contributed by atoms with Crippen LogP contribution < -0.4 is 4.90 Å². The van der Waals surface area contributed by atoms with Crippen LogP contribution in [-0.2, 0) is 0 Å². The largest absolute Gasteiger partial charge is 0.368 e. The third kappa shape index (κ3) is 2.96. The average molecular weight is 295 g/mol. The molecular formula is C18H21N3O. The molecule has 2 aromatic rings. The van der Waals surface area contributed by atoms with Gasteiger partial charge < -0.3 is 9.80 Å². The summed E-state index contributed by atoms with van der Waals surface area (Å²) in [7, 11) is 0. The summed E-state index contributed by atoms with van der Waals surface area (Å²) in [5.74, 6) is 0.0805. The minimum absolute atomic E-state index is 0.0805. The summed E-state index contributed by atoms with van der Waals surface area (Å²) in [4.78, 5) is 21.0. The smallest absolute Gasteiger partial charge is 0.255 e. The molecule has 1 aliphatic heterocycles. The van der Waals surface area contributed by atoms with Crippen LogP contribution in [0.2, 0.25) is 0 Å². The quantitative estimate of drug-likeness (QED) is 0.854. The number of piperazine rings is 1. The van der Waals surface area contributed by atoms with E-state index < -0.39 is 0 Å². The summed E-state index contributed by atoms with van der Waals surface area (Å²) >= 11 is 0. The molecule has 0 saturated carbocycles. The first-order valence-electron chi connectivity index (χ1n) is 7.67. The topological polar surface area (TPSA) is 36.4 Å². The summed E-state index contributed by atoms with van der Waals surface area (Å²) < 4.78 is 0. The number of carbonyl (C=O) groups is 1. The Bertz CT molecular complexity index is 658. The molecule has 0 spiro atoms. The van der Waals surface area contributed by atoms with Crippen LogP contribution in [0.3, 0.4) is 0 Å².